The highest BCUT2D eigenvalue weighted by atomic mass is 19.1. The number of fused-ring (bicyclic) bond motifs is 3. The van der Waals surface area contributed by atoms with Crippen LogP contribution >= 0.6 is 0 Å². The molecule has 4 rings (SSSR count). The van der Waals surface area contributed by atoms with Crippen molar-refractivity contribution in [3.8, 4) is 5.75 Å². The Morgan fingerprint density at radius 2 is 2.27 bits per heavy atom. The number of carbonyl (C=O) groups excluding carboxylic acids is 1. The molecule has 0 spiro atoms. The van der Waals surface area contributed by atoms with Gasteiger partial charge in [0, 0.05) is 25.2 Å². The molecule has 2 saturated heterocycles. The average molecular weight is 307 g/mol. The molecule has 3 aliphatic heterocycles. The molecular weight excluding hydrogens is 289 g/mol. The summed E-state index contributed by atoms with van der Waals surface area (Å²) < 4.78 is 25.4. The summed E-state index contributed by atoms with van der Waals surface area (Å²) in [7, 11) is 0. The highest BCUT2D eigenvalue weighted by molar-refractivity contribution is 5.90. The third-order valence-electron chi connectivity index (χ3n) is 4.56. The fourth-order valence-corrected chi connectivity index (χ4v) is 3.45. The van der Waals surface area contributed by atoms with Crippen molar-refractivity contribution >= 4 is 17.5 Å². The third-order valence-corrected chi connectivity index (χ3v) is 4.56. The summed E-state index contributed by atoms with van der Waals surface area (Å²) in [5.41, 5.74) is 6.49. The number of benzene rings is 1. The zero-order valence-electron chi connectivity index (χ0n) is 12.1. The molecule has 1 aromatic rings. The van der Waals surface area contributed by atoms with Gasteiger partial charge in [0.05, 0.1) is 18.3 Å². The van der Waals surface area contributed by atoms with Crippen molar-refractivity contribution in [1.29, 1.82) is 0 Å². The van der Waals surface area contributed by atoms with E-state index >= 15 is 0 Å². The molecule has 1 aromatic carbocycles. The van der Waals surface area contributed by atoms with Gasteiger partial charge in [-0.3, -0.25) is 4.90 Å². The number of hydrogen-bond donors (Lipinski definition) is 1. The van der Waals surface area contributed by atoms with Gasteiger partial charge in [-0.1, -0.05) is 0 Å². The molecule has 3 aliphatic rings. The van der Waals surface area contributed by atoms with Gasteiger partial charge in [0.2, 0.25) is 0 Å². The average Bonchev–Trinajstić information content (AvgIpc) is 3.12. The van der Waals surface area contributed by atoms with Crippen LogP contribution in [0.15, 0.2) is 12.1 Å². The van der Waals surface area contributed by atoms with Gasteiger partial charge in [-0.05, 0) is 12.8 Å². The van der Waals surface area contributed by atoms with Crippen LogP contribution in [0.1, 0.15) is 12.8 Å². The summed E-state index contributed by atoms with van der Waals surface area (Å²) in [5.74, 6) is 0.139. The number of amides is 1. The number of nitrogens with two attached hydrogens (primary N) is 1. The van der Waals surface area contributed by atoms with Gasteiger partial charge >= 0.3 is 6.09 Å². The first kappa shape index (κ1) is 13.6. The van der Waals surface area contributed by atoms with E-state index in [1.54, 1.807) is 6.07 Å². The Kier molecular flexibility index (Phi) is 3.11. The van der Waals surface area contributed by atoms with Gasteiger partial charge in [-0.2, -0.15) is 0 Å². The van der Waals surface area contributed by atoms with Crippen LogP contribution in [0.3, 0.4) is 0 Å². The molecular formula is C15H18FN3O3. The standard InChI is InChI=1S/C15H18FN3O3/c16-12-4-10(19-7-11(6-17)22-15(19)20)5-13-14(12)18-3-1-2-9(18)8-21-13/h4-5,9,11H,1-3,6-8,17H2/t9-,11-/m0/s1. The topological polar surface area (TPSA) is 68.0 Å². The van der Waals surface area contributed by atoms with Crippen LogP contribution < -0.4 is 20.3 Å². The van der Waals surface area contributed by atoms with Gasteiger partial charge in [0.1, 0.15) is 24.1 Å². The van der Waals surface area contributed by atoms with E-state index in [2.05, 4.69) is 4.90 Å². The van der Waals surface area contributed by atoms with Crippen molar-refractivity contribution in [2.24, 2.45) is 5.73 Å². The van der Waals surface area contributed by atoms with Crippen molar-refractivity contribution < 1.29 is 18.7 Å². The van der Waals surface area contributed by atoms with Crippen LogP contribution in [0.4, 0.5) is 20.6 Å². The number of halogens is 1. The SMILES string of the molecule is NC[C@H]1CN(c2cc(F)c3c(c2)OC[C@@H]2CCCN32)C(=O)O1. The summed E-state index contributed by atoms with van der Waals surface area (Å²) in [6.07, 6.45) is 1.22. The quantitative estimate of drug-likeness (QED) is 0.896. The summed E-state index contributed by atoms with van der Waals surface area (Å²) in [5, 5.41) is 0. The van der Waals surface area contributed by atoms with Crippen LogP contribution in [0.25, 0.3) is 0 Å². The lowest BCUT2D eigenvalue weighted by Crippen LogP contribution is -2.39. The lowest BCUT2D eigenvalue weighted by molar-refractivity contribution is 0.145. The maximum Gasteiger partial charge on any atom is 0.414 e. The second-order valence-corrected chi connectivity index (χ2v) is 5.93. The molecule has 6 nitrogen and oxygen atoms in total. The maximum absolute atomic E-state index is 14.6. The second kappa shape index (κ2) is 5.01. The van der Waals surface area contributed by atoms with Gasteiger partial charge < -0.3 is 20.1 Å². The molecule has 0 unspecified atom stereocenters. The van der Waals surface area contributed by atoms with Crippen LogP contribution in [-0.2, 0) is 4.74 Å². The number of hydrogen-bond acceptors (Lipinski definition) is 5. The molecule has 0 saturated carbocycles. The first-order valence-electron chi connectivity index (χ1n) is 7.58. The predicted octanol–water partition coefficient (Wildman–Crippen LogP) is 1.47. The van der Waals surface area contributed by atoms with E-state index in [1.165, 1.54) is 11.0 Å². The Bertz CT molecular complexity index is 624. The molecule has 7 heteroatoms. The van der Waals surface area contributed by atoms with E-state index in [9.17, 15) is 9.18 Å². The lowest BCUT2D eigenvalue weighted by Gasteiger charge is -2.34. The number of nitrogens with zero attached hydrogens (tertiary/aromatic N) is 2. The Morgan fingerprint density at radius 3 is 3.05 bits per heavy atom. The van der Waals surface area contributed by atoms with Crippen LogP contribution in [0.2, 0.25) is 0 Å². The summed E-state index contributed by atoms with van der Waals surface area (Å²) in [6.45, 7) is 1.99. The van der Waals surface area contributed by atoms with Crippen molar-refractivity contribution in [1.82, 2.24) is 0 Å². The smallest absolute Gasteiger partial charge is 0.414 e. The Balaban J connectivity index is 1.69. The maximum atomic E-state index is 14.6. The summed E-state index contributed by atoms with van der Waals surface area (Å²) in [4.78, 5) is 15.4. The number of ether oxygens (including phenoxy) is 2. The van der Waals surface area contributed by atoms with Gasteiger partial charge in [-0.25, -0.2) is 9.18 Å². The van der Waals surface area contributed by atoms with Crippen LogP contribution in [0, 0.1) is 5.82 Å². The zero-order chi connectivity index (χ0) is 15.3. The Morgan fingerprint density at radius 1 is 1.41 bits per heavy atom. The molecule has 118 valence electrons. The number of rotatable bonds is 2. The van der Waals surface area contributed by atoms with Crippen molar-refractivity contribution in [3.05, 3.63) is 17.9 Å². The first-order chi connectivity index (χ1) is 10.7. The van der Waals surface area contributed by atoms with E-state index in [-0.39, 0.29) is 24.5 Å². The fraction of sp³-hybridized carbons (Fsp3) is 0.533. The minimum absolute atomic E-state index is 0.252. The van der Waals surface area contributed by atoms with Crippen molar-refractivity contribution in [2.75, 3.05) is 36.0 Å². The van der Waals surface area contributed by atoms with Crippen molar-refractivity contribution in [3.63, 3.8) is 0 Å². The second-order valence-electron chi connectivity index (χ2n) is 5.93. The fourth-order valence-electron chi connectivity index (χ4n) is 3.45. The monoisotopic (exact) mass is 307 g/mol. The molecule has 0 radical (unpaired) electrons. The lowest BCUT2D eigenvalue weighted by atomic mass is 10.1. The largest absolute Gasteiger partial charge is 0.489 e. The van der Waals surface area contributed by atoms with Crippen LogP contribution in [0.5, 0.6) is 5.75 Å². The predicted molar refractivity (Wildman–Crippen MR) is 78.9 cm³/mol. The van der Waals surface area contributed by atoms with E-state index < -0.39 is 6.09 Å². The number of cyclic esters (lactones) is 1. The molecule has 1 amide bonds. The molecule has 3 heterocycles. The van der Waals surface area contributed by atoms with Crippen LogP contribution in [-0.4, -0.2) is 44.5 Å². The van der Waals surface area contributed by atoms with Crippen molar-refractivity contribution in [2.45, 2.75) is 25.0 Å². The van der Waals surface area contributed by atoms with Gasteiger partial charge in [0.15, 0.2) is 5.82 Å². The molecule has 0 aromatic heterocycles. The van der Waals surface area contributed by atoms with Gasteiger partial charge in [0.25, 0.3) is 0 Å². The minimum Gasteiger partial charge on any atom is -0.489 e. The number of carbonyl (C=O) groups is 1. The molecule has 2 N–H and O–H groups in total. The van der Waals surface area contributed by atoms with E-state index in [4.69, 9.17) is 15.2 Å². The van der Waals surface area contributed by atoms with E-state index in [1.807, 2.05) is 0 Å². The normalized spacial score (nSPS) is 26.5. The number of anilines is 2. The van der Waals surface area contributed by atoms with E-state index in [0.29, 0.717) is 30.3 Å². The summed E-state index contributed by atoms with van der Waals surface area (Å²) >= 11 is 0. The summed E-state index contributed by atoms with van der Waals surface area (Å²) in [6, 6.07) is 3.35. The highest BCUT2D eigenvalue weighted by Gasteiger charge is 2.36. The minimum atomic E-state index is -0.496. The molecule has 22 heavy (non-hydrogen) atoms. The van der Waals surface area contributed by atoms with E-state index in [0.717, 1.165) is 19.4 Å². The molecule has 0 bridgehead atoms. The third kappa shape index (κ3) is 1.99. The molecule has 2 fully saturated rings. The molecule has 2 atom stereocenters. The Hall–Kier alpha value is -2.02. The molecule has 0 aliphatic carbocycles. The van der Waals surface area contributed by atoms with Gasteiger partial charge in [-0.15, -0.1) is 0 Å². The highest BCUT2D eigenvalue weighted by Crippen LogP contribution is 2.42. The Labute approximate surface area is 127 Å². The first-order valence-corrected chi connectivity index (χ1v) is 7.58. The zero-order valence-corrected chi connectivity index (χ0v) is 12.1.